The summed E-state index contributed by atoms with van der Waals surface area (Å²) in [5.74, 6) is 1.54. The minimum atomic E-state index is -0.0236. The maximum absolute atomic E-state index is 9.78. The molecule has 2 saturated heterocycles. The Kier molecular flexibility index (Phi) is 2.68. The molecule has 4 nitrogen and oxygen atoms in total. The van der Waals surface area contributed by atoms with E-state index in [1.54, 1.807) is 13.2 Å². The molecular formula is C13H16O4. The van der Waals surface area contributed by atoms with Crippen LogP contribution in [0.25, 0.3) is 0 Å². The van der Waals surface area contributed by atoms with Crippen molar-refractivity contribution in [1.82, 2.24) is 0 Å². The molecule has 3 rings (SSSR count). The van der Waals surface area contributed by atoms with Crippen molar-refractivity contribution in [3.8, 4) is 11.5 Å². The predicted octanol–water partition coefficient (Wildman–Crippen LogP) is 1.73. The minimum absolute atomic E-state index is 0.0236. The number of hydrogen-bond acceptors (Lipinski definition) is 4. The van der Waals surface area contributed by atoms with E-state index in [-0.39, 0.29) is 11.9 Å². The van der Waals surface area contributed by atoms with Crippen LogP contribution < -0.4 is 4.74 Å². The number of phenols is 1. The summed E-state index contributed by atoms with van der Waals surface area (Å²) < 4.78 is 16.6. The molecule has 0 aliphatic carbocycles. The Morgan fingerprint density at radius 3 is 3.00 bits per heavy atom. The fraction of sp³-hybridized carbons (Fsp3) is 0.538. The normalized spacial score (nSPS) is 31.5. The lowest BCUT2D eigenvalue weighted by atomic mass is 9.90. The summed E-state index contributed by atoms with van der Waals surface area (Å²) in [5, 5.41) is 9.78. The van der Waals surface area contributed by atoms with E-state index in [4.69, 9.17) is 14.2 Å². The van der Waals surface area contributed by atoms with Crippen LogP contribution in [0.5, 0.6) is 11.5 Å². The Morgan fingerprint density at radius 1 is 1.29 bits per heavy atom. The number of fused-ring (bicyclic) bond motifs is 1. The first-order chi connectivity index (χ1) is 8.31. The summed E-state index contributed by atoms with van der Waals surface area (Å²) in [6.07, 6.45) is -0.0236. The zero-order valence-electron chi connectivity index (χ0n) is 9.76. The molecule has 17 heavy (non-hydrogen) atoms. The van der Waals surface area contributed by atoms with Gasteiger partial charge in [0.1, 0.15) is 0 Å². The smallest absolute Gasteiger partial charge is 0.166 e. The number of benzene rings is 1. The first-order valence-corrected chi connectivity index (χ1v) is 5.86. The summed E-state index contributed by atoms with van der Waals surface area (Å²) in [6, 6.07) is 5.39. The van der Waals surface area contributed by atoms with E-state index >= 15 is 0 Å². The minimum Gasteiger partial charge on any atom is -0.504 e. The van der Waals surface area contributed by atoms with Crippen LogP contribution in [0.1, 0.15) is 11.7 Å². The quantitative estimate of drug-likeness (QED) is 0.849. The molecule has 1 aromatic carbocycles. The fourth-order valence-electron chi connectivity index (χ4n) is 2.78. The van der Waals surface area contributed by atoms with Gasteiger partial charge in [-0.2, -0.15) is 0 Å². The Labute approximate surface area is 100 Å². The lowest BCUT2D eigenvalue weighted by Gasteiger charge is -2.19. The van der Waals surface area contributed by atoms with Gasteiger partial charge >= 0.3 is 0 Å². The molecule has 0 spiro atoms. The molecule has 2 fully saturated rings. The molecule has 0 aromatic heterocycles. The van der Waals surface area contributed by atoms with Gasteiger partial charge in [-0.15, -0.1) is 0 Å². The SMILES string of the molecule is COc1c(O)cccc1C1OCC2COCC21. The maximum atomic E-state index is 9.78. The molecule has 0 amide bonds. The van der Waals surface area contributed by atoms with E-state index < -0.39 is 0 Å². The van der Waals surface area contributed by atoms with Crippen LogP contribution in [0.15, 0.2) is 18.2 Å². The highest BCUT2D eigenvalue weighted by atomic mass is 16.5. The maximum Gasteiger partial charge on any atom is 0.166 e. The third kappa shape index (κ3) is 1.68. The van der Waals surface area contributed by atoms with Gasteiger partial charge in [-0.05, 0) is 6.07 Å². The van der Waals surface area contributed by atoms with Gasteiger partial charge in [0.25, 0.3) is 0 Å². The van der Waals surface area contributed by atoms with Crippen LogP contribution in [0.4, 0.5) is 0 Å². The van der Waals surface area contributed by atoms with Crippen LogP contribution in [0.3, 0.4) is 0 Å². The van der Waals surface area contributed by atoms with Gasteiger partial charge in [0.2, 0.25) is 0 Å². The van der Waals surface area contributed by atoms with E-state index in [1.165, 1.54) is 0 Å². The molecule has 1 N–H and O–H groups in total. The van der Waals surface area contributed by atoms with E-state index in [1.807, 2.05) is 12.1 Å². The molecule has 2 heterocycles. The highest BCUT2D eigenvalue weighted by molar-refractivity contribution is 5.47. The summed E-state index contributed by atoms with van der Waals surface area (Å²) in [4.78, 5) is 0. The van der Waals surface area contributed by atoms with Crippen LogP contribution >= 0.6 is 0 Å². The first-order valence-electron chi connectivity index (χ1n) is 5.86. The summed E-state index contributed by atoms with van der Waals surface area (Å²) in [7, 11) is 1.57. The van der Waals surface area contributed by atoms with E-state index in [0.717, 1.165) is 25.4 Å². The highest BCUT2D eigenvalue weighted by Gasteiger charge is 2.43. The van der Waals surface area contributed by atoms with Gasteiger partial charge < -0.3 is 19.3 Å². The zero-order chi connectivity index (χ0) is 11.8. The van der Waals surface area contributed by atoms with Crippen molar-refractivity contribution in [3.63, 3.8) is 0 Å². The topological polar surface area (TPSA) is 47.9 Å². The van der Waals surface area contributed by atoms with Crippen molar-refractivity contribution in [2.45, 2.75) is 6.10 Å². The fourth-order valence-corrected chi connectivity index (χ4v) is 2.78. The number of ether oxygens (including phenoxy) is 3. The molecule has 0 saturated carbocycles. The van der Waals surface area contributed by atoms with E-state index in [0.29, 0.717) is 17.6 Å². The van der Waals surface area contributed by atoms with Crippen molar-refractivity contribution in [1.29, 1.82) is 0 Å². The second-order valence-corrected chi connectivity index (χ2v) is 4.61. The number of aromatic hydroxyl groups is 1. The second kappa shape index (κ2) is 4.20. The molecule has 2 aliphatic rings. The third-order valence-electron chi connectivity index (χ3n) is 3.66. The lowest BCUT2D eigenvalue weighted by molar-refractivity contribution is 0.0487. The van der Waals surface area contributed by atoms with Gasteiger partial charge in [-0.25, -0.2) is 0 Å². The van der Waals surface area contributed by atoms with Crippen molar-refractivity contribution in [2.24, 2.45) is 11.8 Å². The van der Waals surface area contributed by atoms with E-state index in [9.17, 15) is 5.11 Å². The molecule has 3 atom stereocenters. The standard InChI is InChI=1S/C13H16O4/c1-15-13-9(3-2-4-11(13)14)12-10-7-16-5-8(10)6-17-12/h2-4,8,10,12,14H,5-7H2,1H3. The number of rotatable bonds is 2. The van der Waals surface area contributed by atoms with Gasteiger partial charge in [0, 0.05) is 17.4 Å². The van der Waals surface area contributed by atoms with Crippen LogP contribution in [0.2, 0.25) is 0 Å². The second-order valence-electron chi connectivity index (χ2n) is 4.61. The Balaban J connectivity index is 1.96. The Morgan fingerprint density at radius 2 is 2.18 bits per heavy atom. The van der Waals surface area contributed by atoms with E-state index in [2.05, 4.69) is 0 Å². The number of hydrogen-bond donors (Lipinski definition) is 1. The molecule has 4 heteroatoms. The largest absolute Gasteiger partial charge is 0.504 e. The highest BCUT2D eigenvalue weighted by Crippen LogP contribution is 2.46. The molecule has 0 bridgehead atoms. The average molecular weight is 236 g/mol. The van der Waals surface area contributed by atoms with Crippen molar-refractivity contribution in [3.05, 3.63) is 23.8 Å². The monoisotopic (exact) mass is 236 g/mol. The molecule has 0 radical (unpaired) electrons. The summed E-state index contributed by atoms with van der Waals surface area (Å²) >= 11 is 0. The lowest BCUT2D eigenvalue weighted by Crippen LogP contribution is -2.13. The van der Waals surface area contributed by atoms with Crippen LogP contribution in [-0.2, 0) is 9.47 Å². The van der Waals surface area contributed by atoms with Crippen molar-refractivity contribution in [2.75, 3.05) is 26.9 Å². The average Bonchev–Trinajstić information content (AvgIpc) is 2.90. The molecule has 2 aliphatic heterocycles. The predicted molar refractivity (Wildman–Crippen MR) is 61.2 cm³/mol. The Bertz CT molecular complexity index is 418. The summed E-state index contributed by atoms with van der Waals surface area (Å²) in [5.41, 5.74) is 0.922. The third-order valence-corrected chi connectivity index (χ3v) is 3.66. The number of para-hydroxylation sites is 1. The van der Waals surface area contributed by atoms with Crippen molar-refractivity contribution >= 4 is 0 Å². The number of phenolic OH excluding ortho intramolecular Hbond substituents is 1. The molecular weight excluding hydrogens is 220 g/mol. The first kappa shape index (κ1) is 10.9. The molecule has 3 unspecified atom stereocenters. The van der Waals surface area contributed by atoms with Gasteiger partial charge in [0.15, 0.2) is 11.5 Å². The van der Waals surface area contributed by atoms with Crippen LogP contribution in [-0.4, -0.2) is 32.0 Å². The van der Waals surface area contributed by atoms with Gasteiger partial charge in [-0.3, -0.25) is 0 Å². The van der Waals surface area contributed by atoms with Crippen LogP contribution in [0, 0.1) is 11.8 Å². The number of methoxy groups -OCH3 is 1. The summed E-state index contributed by atoms with van der Waals surface area (Å²) in [6.45, 7) is 2.24. The molecule has 92 valence electrons. The van der Waals surface area contributed by atoms with Gasteiger partial charge in [0.05, 0.1) is 33.0 Å². The molecule has 1 aromatic rings. The van der Waals surface area contributed by atoms with Gasteiger partial charge in [-0.1, -0.05) is 12.1 Å². The zero-order valence-corrected chi connectivity index (χ0v) is 9.76. The Hall–Kier alpha value is -1.26. The van der Waals surface area contributed by atoms with Crippen molar-refractivity contribution < 1.29 is 19.3 Å².